The molecule has 0 radical (unpaired) electrons. The van der Waals surface area contributed by atoms with Crippen molar-refractivity contribution in [1.82, 2.24) is 4.98 Å². The van der Waals surface area contributed by atoms with Gasteiger partial charge in [0.25, 0.3) is 5.69 Å². The number of pyridine rings is 1. The van der Waals surface area contributed by atoms with Gasteiger partial charge in [-0.25, -0.2) is 4.98 Å². The van der Waals surface area contributed by atoms with E-state index in [9.17, 15) is 10.1 Å². The lowest BCUT2D eigenvalue weighted by molar-refractivity contribution is -0.384. The van der Waals surface area contributed by atoms with Gasteiger partial charge in [0.2, 0.25) is 0 Å². The van der Waals surface area contributed by atoms with Gasteiger partial charge in [0, 0.05) is 13.2 Å². The Morgan fingerprint density at radius 2 is 2.25 bits per heavy atom. The third-order valence-corrected chi connectivity index (χ3v) is 3.23. The lowest BCUT2D eigenvalue weighted by atomic mass is 10.0. The number of anilines is 2. The van der Waals surface area contributed by atoms with Crippen molar-refractivity contribution in [2.24, 2.45) is 0 Å². The number of rotatable bonds is 6. The lowest BCUT2D eigenvalue weighted by Gasteiger charge is -2.24. The first-order valence-electron chi connectivity index (χ1n) is 6.79. The minimum Gasteiger partial charge on any atom is -0.379 e. The van der Waals surface area contributed by atoms with Crippen LogP contribution in [0, 0.1) is 10.1 Å². The van der Waals surface area contributed by atoms with Gasteiger partial charge in [-0.15, -0.1) is 0 Å². The molecule has 1 aliphatic heterocycles. The zero-order valence-electron chi connectivity index (χ0n) is 11.8. The topological polar surface area (TPSA) is 89.3 Å². The standard InChI is InChI=1S/C13H20N4O3/c1-3-5-14-11-7-10(17(18)19)8-12(15-11)16-13(2)4-6-20-9-13/h7-8H,3-6,9H2,1-2H3,(H2,14,15,16). The molecule has 1 fully saturated rings. The van der Waals surface area contributed by atoms with Gasteiger partial charge in [-0.1, -0.05) is 6.92 Å². The summed E-state index contributed by atoms with van der Waals surface area (Å²) in [7, 11) is 0. The molecule has 2 heterocycles. The van der Waals surface area contributed by atoms with E-state index in [0.717, 1.165) is 19.4 Å². The number of hydrogen-bond acceptors (Lipinski definition) is 6. The maximum absolute atomic E-state index is 11.0. The Morgan fingerprint density at radius 1 is 1.50 bits per heavy atom. The van der Waals surface area contributed by atoms with Crippen molar-refractivity contribution in [3.8, 4) is 0 Å². The van der Waals surface area contributed by atoms with E-state index < -0.39 is 4.92 Å². The van der Waals surface area contributed by atoms with Crippen LogP contribution in [0.5, 0.6) is 0 Å². The number of aromatic nitrogens is 1. The zero-order chi connectivity index (χ0) is 14.6. The Morgan fingerprint density at radius 3 is 2.85 bits per heavy atom. The van der Waals surface area contributed by atoms with E-state index >= 15 is 0 Å². The van der Waals surface area contributed by atoms with Crippen molar-refractivity contribution in [2.75, 3.05) is 30.4 Å². The molecule has 20 heavy (non-hydrogen) atoms. The molecule has 1 aromatic rings. The Balaban J connectivity index is 2.21. The Labute approximate surface area is 117 Å². The molecule has 0 aromatic carbocycles. The molecule has 1 aliphatic rings. The van der Waals surface area contributed by atoms with Crippen LogP contribution in [0.1, 0.15) is 26.7 Å². The maximum atomic E-state index is 11.0. The normalized spacial score (nSPS) is 21.7. The van der Waals surface area contributed by atoms with Gasteiger partial charge in [0.15, 0.2) is 0 Å². The summed E-state index contributed by atoms with van der Waals surface area (Å²) in [5, 5.41) is 17.3. The highest BCUT2D eigenvalue weighted by molar-refractivity contribution is 5.55. The van der Waals surface area contributed by atoms with Crippen molar-refractivity contribution in [2.45, 2.75) is 32.2 Å². The summed E-state index contributed by atoms with van der Waals surface area (Å²) >= 11 is 0. The third-order valence-electron chi connectivity index (χ3n) is 3.23. The number of ether oxygens (including phenoxy) is 1. The fourth-order valence-electron chi connectivity index (χ4n) is 2.10. The van der Waals surface area contributed by atoms with E-state index in [1.165, 1.54) is 12.1 Å². The van der Waals surface area contributed by atoms with Gasteiger partial charge in [0.05, 0.1) is 29.2 Å². The highest BCUT2D eigenvalue weighted by Crippen LogP contribution is 2.26. The maximum Gasteiger partial charge on any atom is 0.276 e. The van der Waals surface area contributed by atoms with Crippen LogP contribution < -0.4 is 10.6 Å². The van der Waals surface area contributed by atoms with Crippen LogP contribution in [-0.2, 0) is 4.74 Å². The Kier molecular flexibility index (Phi) is 4.39. The average molecular weight is 280 g/mol. The minimum absolute atomic E-state index is 0.0311. The molecule has 7 nitrogen and oxygen atoms in total. The van der Waals surface area contributed by atoms with Gasteiger partial charge in [-0.05, 0) is 19.8 Å². The molecule has 7 heteroatoms. The monoisotopic (exact) mass is 280 g/mol. The molecule has 0 spiro atoms. The quantitative estimate of drug-likeness (QED) is 0.614. The van der Waals surface area contributed by atoms with E-state index in [0.29, 0.717) is 24.8 Å². The predicted molar refractivity (Wildman–Crippen MR) is 77.1 cm³/mol. The van der Waals surface area contributed by atoms with Crippen molar-refractivity contribution >= 4 is 17.3 Å². The van der Waals surface area contributed by atoms with E-state index in [4.69, 9.17) is 4.74 Å². The molecular formula is C13H20N4O3. The largest absolute Gasteiger partial charge is 0.379 e. The fourth-order valence-corrected chi connectivity index (χ4v) is 2.10. The van der Waals surface area contributed by atoms with Crippen LogP contribution in [0.25, 0.3) is 0 Å². The minimum atomic E-state index is -0.405. The van der Waals surface area contributed by atoms with Crippen molar-refractivity contribution in [3.63, 3.8) is 0 Å². The van der Waals surface area contributed by atoms with Crippen LogP contribution in [0.4, 0.5) is 17.3 Å². The van der Waals surface area contributed by atoms with Gasteiger partial charge in [-0.3, -0.25) is 10.1 Å². The lowest BCUT2D eigenvalue weighted by Crippen LogP contribution is -2.35. The summed E-state index contributed by atoms with van der Waals surface area (Å²) < 4.78 is 5.37. The summed E-state index contributed by atoms with van der Waals surface area (Å²) in [5.74, 6) is 1.02. The smallest absolute Gasteiger partial charge is 0.276 e. The Hall–Kier alpha value is -1.89. The first kappa shape index (κ1) is 14.5. The van der Waals surface area contributed by atoms with E-state index in [1.54, 1.807) is 0 Å². The zero-order valence-corrected chi connectivity index (χ0v) is 11.8. The van der Waals surface area contributed by atoms with Gasteiger partial charge >= 0.3 is 0 Å². The second-order valence-electron chi connectivity index (χ2n) is 5.27. The van der Waals surface area contributed by atoms with Crippen molar-refractivity contribution in [3.05, 3.63) is 22.2 Å². The van der Waals surface area contributed by atoms with Crippen LogP contribution >= 0.6 is 0 Å². The fraction of sp³-hybridized carbons (Fsp3) is 0.615. The predicted octanol–water partition coefficient (Wildman–Crippen LogP) is 2.40. The third kappa shape index (κ3) is 3.57. The van der Waals surface area contributed by atoms with Crippen LogP contribution in [-0.4, -0.2) is 35.2 Å². The molecule has 0 saturated carbocycles. The second-order valence-corrected chi connectivity index (χ2v) is 5.27. The molecule has 2 N–H and O–H groups in total. The Bertz CT molecular complexity index is 487. The summed E-state index contributed by atoms with van der Waals surface area (Å²) in [6, 6.07) is 2.91. The molecular weight excluding hydrogens is 260 g/mol. The first-order valence-corrected chi connectivity index (χ1v) is 6.79. The summed E-state index contributed by atoms with van der Waals surface area (Å²) in [6.07, 6.45) is 1.79. The SMILES string of the molecule is CCCNc1cc([N+](=O)[O-])cc(NC2(C)CCOC2)n1. The summed E-state index contributed by atoms with van der Waals surface area (Å²) in [6.45, 7) is 6.06. The van der Waals surface area contributed by atoms with Gasteiger partial charge in [-0.2, -0.15) is 0 Å². The van der Waals surface area contributed by atoms with Crippen molar-refractivity contribution in [1.29, 1.82) is 0 Å². The summed E-state index contributed by atoms with van der Waals surface area (Å²) in [5.41, 5.74) is -0.187. The molecule has 2 rings (SSSR count). The van der Waals surface area contributed by atoms with Crippen molar-refractivity contribution < 1.29 is 9.66 Å². The molecule has 1 saturated heterocycles. The van der Waals surface area contributed by atoms with E-state index in [-0.39, 0.29) is 11.2 Å². The molecule has 110 valence electrons. The molecule has 1 atom stereocenters. The first-order chi connectivity index (χ1) is 9.52. The average Bonchev–Trinajstić information content (AvgIpc) is 2.82. The number of nitrogens with zero attached hydrogens (tertiary/aromatic N) is 2. The van der Waals surface area contributed by atoms with E-state index in [1.807, 2.05) is 13.8 Å². The van der Waals surface area contributed by atoms with Crippen LogP contribution in [0.2, 0.25) is 0 Å². The molecule has 1 aromatic heterocycles. The van der Waals surface area contributed by atoms with E-state index in [2.05, 4.69) is 15.6 Å². The van der Waals surface area contributed by atoms with Gasteiger partial charge in [0.1, 0.15) is 11.6 Å². The second kappa shape index (κ2) is 6.04. The molecule has 0 bridgehead atoms. The number of hydrogen-bond donors (Lipinski definition) is 2. The summed E-state index contributed by atoms with van der Waals surface area (Å²) in [4.78, 5) is 15.0. The number of nitrogens with one attached hydrogen (secondary N) is 2. The molecule has 1 unspecified atom stereocenters. The molecule has 0 amide bonds. The van der Waals surface area contributed by atoms with Crippen LogP contribution in [0.3, 0.4) is 0 Å². The number of nitro groups is 1. The highest BCUT2D eigenvalue weighted by Gasteiger charge is 2.30. The molecule has 0 aliphatic carbocycles. The highest BCUT2D eigenvalue weighted by atomic mass is 16.6. The van der Waals surface area contributed by atoms with Gasteiger partial charge < -0.3 is 15.4 Å². The van der Waals surface area contributed by atoms with Crippen LogP contribution in [0.15, 0.2) is 12.1 Å².